The van der Waals surface area contributed by atoms with Gasteiger partial charge >= 0.3 is 0 Å². The van der Waals surface area contributed by atoms with E-state index in [0.29, 0.717) is 12.2 Å². The van der Waals surface area contributed by atoms with Crippen LogP contribution in [0.25, 0.3) is 0 Å². The molecule has 1 N–H and O–H groups in total. The molecule has 0 aliphatic heterocycles. The number of nitrogens with one attached hydrogen (secondary N) is 1. The van der Waals surface area contributed by atoms with Crippen molar-refractivity contribution in [3.05, 3.63) is 114 Å². The van der Waals surface area contributed by atoms with Crippen molar-refractivity contribution in [1.29, 1.82) is 0 Å². The molecule has 0 saturated carbocycles. The van der Waals surface area contributed by atoms with Gasteiger partial charge in [0.05, 0.1) is 12.3 Å². The van der Waals surface area contributed by atoms with Crippen molar-refractivity contribution >= 4 is 5.91 Å². The van der Waals surface area contributed by atoms with Crippen molar-refractivity contribution in [1.82, 2.24) is 10.3 Å². The summed E-state index contributed by atoms with van der Waals surface area (Å²) in [4.78, 5) is 16.8. The van der Waals surface area contributed by atoms with E-state index in [4.69, 9.17) is 13.9 Å². The van der Waals surface area contributed by atoms with E-state index in [9.17, 15) is 4.79 Å². The molecule has 2 heterocycles. The second-order valence-electron chi connectivity index (χ2n) is 7.29. The van der Waals surface area contributed by atoms with Gasteiger partial charge in [0.15, 0.2) is 5.76 Å². The Bertz CT molecular complexity index is 1130. The lowest BCUT2D eigenvalue weighted by atomic mass is 10.1. The molecule has 6 heteroatoms. The number of furan rings is 1. The molecule has 2 aromatic heterocycles. The van der Waals surface area contributed by atoms with Crippen molar-refractivity contribution in [3.8, 4) is 11.5 Å². The molecule has 6 nitrogen and oxygen atoms in total. The molecule has 0 aliphatic carbocycles. The zero-order chi connectivity index (χ0) is 22.2. The van der Waals surface area contributed by atoms with Crippen LogP contribution in [0.5, 0.6) is 11.5 Å². The lowest BCUT2D eigenvalue weighted by Gasteiger charge is -2.15. The molecule has 1 amide bonds. The number of para-hydroxylation sites is 1. The highest BCUT2D eigenvalue weighted by Gasteiger charge is 2.18. The highest BCUT2D eigenvalue weighted by molar-refractivity contribution is 5.93. The van der Waals surface area contributed by atoms with Gasteiger partial charge in [0.25, 0.3) is 5.91 Å². The standard InChI is InChI=1S/C26H24N2O4/c1-19(21-9-11-24(12-10-21)31-17-20-6-5-14-27-16-20)28-26(29)25-22(13-15-30-25)18-32-23-7-3-2-4-8-23/h2-16,19H,17-18H2,1H3,(H,28,29). The quantitative estimate of drug-likeness (QED) is 0.390. The number of carbonyl (C=O) groups excluding carboxylic acids is 1. The van der Waals surface area contributed by atoms with Gasteiger partial charge in [-0.25, -0.2) is 0 Å². The van der Waals surface area contributed by atoms with E-state index in [1.807, 2.05) is 73.7 Å². The molecule has 1 unspecified atom stereocenters. The third-order valence-corrected chi connectivity index (χ3v) is 4.95. The normalized spacial score (nSPS) is 11.5. The molecule has 0 radical (unpaired) electrons. The number of ether oxygens (including phenoxy) is 2. The topological polar surface area (TPSA) is 73.6 Å². The summed E-state index contributed by atoms with van der Waals surface area (Å²) >= 11 is 0. The second kappa shape index (κ2) is 10.3. The maximum absolute atomic E-state index is 12.8. The fourth-order valence-corrected chi connectivity index (χ4v) is 3.17. The zero-order valence-electron chi connectivity index (χ0n) is 17.7. The molecule has 1 atom stereocenters. The first-order valence-corrected chi connectivity index (χ1v) is 10.4. The number of hydrogen-bond donors (Lipinski definition) is 1. The van der Waals surface area contributed by atoms with Crippen molar-refractivity contribution in [2.45, 2.75) is 26.2 Å². The second-order valence-corrected chi connectivity index (χ2v) is 7.29. The summed E-state index contributed by atoms with van der Waals surface area (Å²) in [5, 5.41) is 2.98. The third kappa shape index (κ3) is 5.55. The number of nitrogens with zero attached hydrogens (tertiary/aromatic N) is 1. The van der Waals surface area contributed by atoms with Gasteiger partial charge in [-0.2, -0.15) is 0 Å². The van der Waals surface area contributed by atoms with E-state index in [2.05, 4.69) is 10.3 Å². The van der Waals surface area contributed by atoms with Crippen LogP contribution in [0.15, 0.2) is 95.9 Å². The maximum atomic E-state index is 12.8. The van der Waals surface area contributed by atoms with E-state index >= 15 is 0 Å². The fraction of sp³-hybridized carbons (Fsp3) is 0.154. The van der Waals surface area contributed by atoms with Gasteiger partial charge in [-0.1, -0.05) is 36.4 Å². The van der Waals surface area contributed by atoms with Crippen LogP contribution in [0, 0.1) is 0 Å². The summed E-state index contributed by atoms with van der Waals surface area (Å²) in [5.41, 5.74) is 2.65. The molecule has 2 aromatic carbocycles. The monoisotopic (exact) mass is 428 g/mol. The van der Waals surface area contributed by atoms with Gasteiger partial charge in [0.1, 0.15) is 24.7 Å². The lowest BCUT2D eigenvalue weighted by Crippen LogP contribution is -2.27. The Balaban J connectivity index is 1.32. The van der Waals surface area contributed by atoms with Crippen molar-refractivity contribution in [2.24, 2.45) is 0 Å². The average molecular weight is 428 g/mol. The van der Waals surface area contributed by atoms with Gasteiger partial charge in [-0.05, 0) is 48.9 Å². The van der Waals surface area contributed by atoms with Crippen LogP contribution in [-0.2, 0) is 13.2 Å². The van der Waals surface area contributed by atoms with E-state index < -0.39 is 0 Å². The number of hydrogen-bond acceptors (Lipinski definition) is 5. The Morgan fingerprint density at radius 2 is 1.69 bits per heavy atom. The molecular weight excluding hydrogens is 404 g/mol. The van der Waals surface area contributed by atoms with Gasteiger partial charge in [0.2, 0.25) is 0 Å². The van der Waals surface area contributed by atoms with Crippen LogP contribution in [-0.4, -0.2) is 10.9 Å². The summed E-state index contributed by atoms with van der Waals surface area (Å²) in [7, 11) is 0. The minimum absolute atomic E-state index is 0.206. The number of aromatic nitrogens is 1. The Hall–Kier alpha value is -4.06. The van der Waals surface area contributed by atoms with E-state index in [1.165, 1.54) is 6.26 Å². The molecular formula is C26H24N2O4. The van der Waals surface area contributed by atoms with E-state index in [0.717, 1.165) is 22.6 Å². The Morgan fingerprint density at radius 3 is 2.44 bits per heavy atom. The highest BCUT2D eigenvalue weighted by Crippen LogP contribution is 2.20. The lowest BCUT2D eigenvalue weighted by molar-refractivity contribution is 0.0908. The van der Waals surface area contributed by atoms with E-state index in [-0.39, 0.29) is 24.3 Å². The van der Waals surface area contributed by atoms with Crippen LogP contribution in [0.1, 0.15) is 40.2 Å². The maximum Gasteiger partial charge on any atom is 0.287 e. The van der Waals surface area contributed by atoms with Gasteiger partial charge in [0, 0.05) is 23.5 Å². The first-order valence-electron chi connectivity index (χ1n) is 10.4. The van der Waals surface area contributed by atoms with Crippen LogP contribution in [0.2, 0.25) is 0 Å². The number of amides is 1. The minimum atomic E-state index is -0.286. The minimum Gasteiger partial charge on any atom is -0.489 e. The number of benzene rings is 2. The highest BCUT2D eigenvalue weighted by atomic mass is 16.5. The molecule has 0 fully saturated rings. The summed E-state index contributed by atoms with van der Waals surface area (Å²) in [6.45, 7) is 2.62. The Kier molecular flexibility index (Phi) is 6.82. The summed E-state index contributed by atoms with van der Waals surface area (Å²) in [6, 6.07) is 22.5. The number of pyridine rings is 1. The first-order chi connectivity index (χ1) is 15.7. The van der Waals surface area contributed by atoms with Crippen LogP contribution >= 0.6 is 0 Å². The molecule has 32 heavy (non-hydrogen) atoms. The molecule has 0 bridgehead atoms. The van der Waals surface area contributed by atoms with Crippen LogP contribution in [0.3, 0.4) is 0 Å². The Labute approximate surface area is 186 Å². The molecule has 4 aromatic rings. The number of rotatable bonds is 9. The van der Waals surface area contributed by atoms with Crippen LogP contribution < -0.4 is 14.8 Å². The third-order valence-electron chi connectivity index (χ3n) is 4.95. The van der Waals surface area contributed by atoms with Crippen molar-refractivity contribution in [2.75, 3.05) is 0 Å². The predicted molar refractivity (Wildman–Crippen MR) is 120 cm³/mol. The van der Waals surface area contributed by atoms with Gasteiger partial charge < -0.3 is 19.2 Å². The largest absolute Gasteiger partial charge is 0.489 e. The van der Waals surface area contributed by atoms with Crippen molar-refractivity contribution in [3.63, 3.8) is 0 Å². The smallest absolute Gasteiger partial charge is 0.287 e. The van der Waals surface area contributed by atoms with Gasteiger partial charge in [-0.15, -0.1) is 0 Å². The predicted octanol–water partition coefficient (Wildman–Crippen LogP) is 5.32. The molecule has 0 aliphatic rings. The summed E-state index contributed by atoms with van der Waals surface area (Å²) in [5.74, 6) is 1.46. The van der Waals surface area contributed by atoms with Gasteiger partial charge in [-0.3, -0.25) is 9.78 Å². The molecule has 162 valence electrons. The van der Waals surface area contributed by atoms with Crippen LogP contribution in [0.4, 0.5) is 0 Å². The Morgan fingerprint density at radius 1 is 0.938 bits per heavy atom. The summed E-state index contributed by atoms with van der Waals surface area (Å²) in [6.07, 6.45) is 5.01. The zero-order valence-corrected chi connectivity index (χ0v) is 17.7. The fourth-order valence-electron chi connectivity index (χ4n) is 3.17. The number of carbonyl (C=O) groups is 1. The SMILES string of the molecule is CC(NC(=O)c1occc1COc1ccccc1)c1ccc(OCc2cccnc2)cc1. The molecule has 0 saturated heterocycles. The summed E-state index contributed by atoms with van der Waals surface area (Å²) < 4.78 is 17.0. The van der Waals surface area contributed by atoms with E-state index in [1.54, 1.807) is 18.5 Å². The molecule has 4 rings (SSSR count). The average Bonchev–Trinajstić information content (AvgIpc) is 3.32. The molecule has 0 spiro atoms. The first kappa shape index (κ1) is 21.2. The van der Waals surface area contributed by atoms with Crippen molar-refractivity contribution < 1.29 is 18.7 Å².